The molecule has 0 unspecified atom stereocenters. The molecular formula is C20H23N5O2. The van der Waals surface area contributed by atoms with E-state index in [1.165, 1.54) is 0 Å². The first-order chi connectivity index (χ1) is 13.0. The number of nitrogens with one attached hydrogen (secondary N) is 1. The molecule has 3 rings (SSSR count). The smallest absolute Gasteiger partial charge is 0.228 e. The number of anilines is 2. The molecule has 0 atom stereocenters. The highest BCUT2D eigenvalue weighted by Gasteiger charge is 2.13. The van der Waals surface area contributed by atoms with E-state index in [1.54, 1.807) is 6.07 Å². The number of ether oxygens (including phenoxy) is 1. The second-order valence-electron chi connectivity index (χ2n) is 6.32. The van der Waals surface area contributed by atoms with Crippen molar-refractivity contribution >= 4 is 11.9 Å². The largest absolute Gasteiger partial charge is 0.491 e. The Bertz CT molecular complexity index is 900. The van der Waals surface area contributed by atoms with Crippen molar-refractivity contribution in [2.75, 3.05) is 11.1 Å². The minimum absolute atomic E-state index is 0.0454. The van der Waals surface area contributed by atoms with Gasteiger partial charge in [0.15, 0.2) is 5.82 Å². The lowest BCUT2D eigenvalue weighted by molar-refractivity contribution is 0.240. The van der Waals surface area contributed by atoms with Gasteiger partial charge in [0.05, 0.1) is 12.7 Å². The van der Waals surface area contributed by atoms with E-state index in [-0.39, 0.29) is 18.7 Å². The Morgan fingerprint density at radius 2 is 1.85 bits per heavy atom. The van der Waals surface area contributed by atoms with Crippen molar-refractivity contribution in [3.05, 3.63) is 59.7 Å². The van der Waals surface area contributed by atoms with Crippen LogP contribution in [0.4, 0.5) is 11.9 Å². The van der Waals surface area contributed by atoms with Crippen LogP contribution < -0.4 is 15.8 Å². The van der Waals surface area contributed by atoms with Crippen LogP contribution in [0.15, 0.2) is 48.5 Å². The van der Waals surface area contributed by atoms with Crippen molar-refractivity contribution in [3.63, 3.8) is 0 Å². The summed E-state index contributed by atoms with van der Waals surface area (Å²) in [7, 11) is 0. The van der Waals surface area contributed by atoms with Crippen molar-refractivity contribution in [2.24, 2.45) is 0 Å². The second-order valence-corrected chi connectivity index (χ2v) is 6.32. The zero-order valence-corrected chi connectivity index (χ0v) is 15.4. The zero-order chi connectivity index (χ0) is 19.2. The molecule has 0 fully saturated rings. The number of nitrogens with zero attached hydrogens (tertiary/aromatic N) is 3. The van der Waals surface area contributed by atoms with Crippen molar-refractivity contribution in [3.8, 4) is 17.1 Å². The van der Waals surface area contributed by atoms with E-state index >= 15 is 0 Å². The molecule has 0 saturated carbocycles. The molecule has 0 amide bonds. The summed E-state index contributed by atoms with van der Waals surface area (Å²) in [6.45, 7) is 4.30. The molecule has 27 heavy (non-hydrogen) atoms. The fourth-order valence-corrected chi connectivity index (χ4v) is 2.63. The highest BCUT2D eigenvalue weighted by molar-refractivity contribution is 5.63. The van der Waals surface area contributed by atoms with Gasteiger partial charge in [0.25, 0.3) is 0 Å². The van der Waals surface area contributed by atoms with Crippen LogP contribution in [0.5, 0.6) is 5.75 Å². The van der Waals surface area contributed by atoms with Gasteiger partial charge >= 0.3 is 0 Å². The molecule has 1 heterocycles. The van der Waals surface area contributed by atoms with Gasteiger partial charge in [-0.3, -0.25) is 0 Å². The topological polar surface area (TPSA) is 106 Å². The number of benzene rings is 2. The predicted octanol–water partition coefficient (Wildman–Crippen LogP) is 3.01. The first kappa shape index (κ1) is 18.6. The van der Waals surface area contributed by atoms with Gasteiger partial charge in [0.2, 0.25) is 11.9 Å². The molecule has 140 valence electrons. The third kappa shape index (κ3) is 4.92. The normalized spacial score (nSPS) is 10.8. The number of hydrogen-bond acceptors (Lipinski definition) is 7. The van der Waals surface area contributed by atoms with Crippen molar-refractivity contribution in [1.82, 2.24) is 15.0 Å². The Kier molecular flexibility index (Phi) is 5.83. The van der Waals surface area contributed by atoms with E-state index in [0.717, 1.165) is 5.56 Å². The summed E-state index contributed by atoms with van der Waals surface area (Å²) in [5.41, 5.74) is 8.31. The molecule has 3 aromatic rings. The predicted molar refractivity (Wildman–Crippen MR) is 105 cm³/mol. The van der Waals surface area contributed by atoms with Gasteiger partial charge in [-0.25, -0.2) is 0 Å². The molecule has 0 bridgehead atoms. The Labute approximate surface area is 158 Å². The van der Waals surface area contributed by atoms with Crippen molar-refractivity contribution in [1.29, 1.82) is 0 Å². The molecule has 0 aliphatic heterocycles. The van der Waals surface area contributed by atoms with Gasteiger partial charge in [0.1, 0.15) is 5.75 Å². The average Bonchev–Trinajstić information content (AvgIpc) is 2.66. The fraction of sp³-hybridized carbons (Fsp3) is 0.250. The van der Waals surface area contributed by atoms with Gasteiger partial charge < -0.3 is 20.9 Å². The third-order valence-corrected chi connectivity index (χ3v) is 3.81. The number of nitrogen functional groups attached to an aromatic ring is 1. The highest BCUT2D eigenvalue weighted by atomic mass is 16.5. The van der Waals surface area contributed by atoms with Crippen LogP contribution in [0.2, 0.25) is 0 Å². The molecule has 0 aliphatic rings. The average molecular weight is 365 g/mol. The van der Waals surface area contributed by atoms with Gasteiger partial charge in [0, 0.05) is 12.1 Å². The number of aliphatic hydroxyl groups excluding tert-OH is 1. The van der Waals surface area contributed by atoms with Gasteiger partial charge in [-0.05, 0) is 43.2 Å². The van der Waals surface area contributed by atoms with Crippen LogP contribution in [-0.4, -0.2) is 26.2 Å². The SMILES string of the molecule is CC(C)Oc1ccc(-c2nc(N)nc(NCc3ccccc3)n2)c(CO)c1. The van der Waals surface area contributed by atoms with E-state index in [1.807, 2.05) is 56.3 Å². The highest BCUT2D eigenvalue weighted by Crippen LogP contribution is 2.26. The van der Waals surface area contributed by atoms with Crippen LogP contribution >= 0.6 is 0 Å². The Hall–Kier alpha value is -3.19. The minimum Gasteiger partial charge on any atom is -0.491 e. The van der Waals surface area contributed by atoms with E-state index in [2.05, 4.69) is 20.3 Å². The number of aliphatic hydroxyl groups is 1. The Balaban J connectivity index is 1.87. The number of aromatic nitrogens is 3. The second kappa shape index (κ2) is 8.46. The summed E-state index contributed by atoms with van der Waals surface area (Å²) in [6, 6.07) is 15.4. The van der Waals surface area contributed by atoms with Crippen molar-refractivity contribution < 1.29 is 9.84 Å². The summed E-state index contributed by atoms with van der Waals surface area (Å²) in [4.78, 5) is 12.8. The van der Waals surface area contributed by atoms with Gasteiger partial charge in [-0.2, -0.15) is 15.0 Å². The van der Waals surface area contributed by atoms with Crippen molar-refractivity contribution in [2.45, 2.75) is 33.1 Å². The van der Waals surface area contributed by atoms with Crippen LogP contribution in [0.3, 0.4) is 0 Å². The molecule has 7 nitrogen and oxygen atoms in total. The molecule has 7 heteroatoms. The maximum Gasteiger partial charge on any atom is 0.228 e. The van der Waals surface area contributed by atoms with Crippen LogP contribution in [0.1, 0.15) is 25.0 Å². The Morgan fingerprint density at radius 1 is 1.07 bits per heavy atom. The molecule has 4 N–H and O–H groups in total. The molecule has 0 saturated heterocycles. The third-order valence-electron chi connectivity index (χ3n) is 3.81. The van der Waals surface area contributed by atoms with E-state index in [0.29, 0.717) is 35.2 Å². The summed E-state index contributed by atoms with van der Waals surface area (Å²) in [5.74, 6) is 1.58. The molecular weight excluding hydrogens is 342 g/mol. The lowest BCUT2D eigenvalue weighted by Crippen LogP contribution is -2.09. The standard InChI is InChI=1S/C20H23N5O2/c1-13(2)27-16-8-9-17(15(10-16)12-26)18-23-19(21)25-20(24-18)22-11-14-6-4-3-5-7-14/h3-10,13,26H,11-12H2,1-2H3,(H3,21,22,23,24,25). The van der Waals surface area contributed by atoms with Gasteiger partial charge in [-0.15, -0.1) is 0 Å². The minimum atomic E-state index is -0.164. The zero-order valence-electron chi connectivity index (χ0n) is 15.4. The molecule has 0 radical (unpaired) electrons. The first-order valence-electron chi connectivity index (χ1n) is 8.75. The van der Waals surface area contributed by atoms with Gasteiger partial charge in [-0.1, -0.05) is 30.3 Å². The molecule has 1 aromatic heterocycles. The van der Waals surface area contributed by atoms with E-state index in [4.69, 9.17) is 10.5 Å². The lowest BCUT2D eigenvalue weighted by Gasteiger charge is -2.13. The Morgan fingerprint density at radius 3 is 2.56 bits per heavy atom. The maximum atomic E-state index is 9.76. The summed E-state index contributed by atoms with van der Waals surface area (Å²) in [6.07, 6.45) is 0.0454. The summed E-state index contributed by atoms with van der Waals surface area (Å²) in [5, 5.41) is 12.9. The number of hydrogen-bond donors (Lipinski definition) is 3. The molecule has 0 aliphatic carbocycles. The monoisotopic (exact) mass is 365 g/mol. The van der Waals surface area contributed by atoms with Crippen LogP contribution in [0.25, 0.3) is 11.4 Å². The number of nitrogens with two attached hydrogens (primary N) is 1. The quantitative estimate of drug-likeness (QED) is 0.591. The molecule has 0 spiro atoms. The lowest BCUT2D eigenvalue weighted by atomic mass is 10.1. The van der Waals surface area contributed by atoms with Crippen LogP contribution in [-0.2, 0) is 13.2 Å². The number of rotatable bonds is 7. The maximum absolute atomic E-state index is 9.76. The summed E-state index contributed by atoms with van der Waals surface area (Å²) >= 11 is 0. The van der Waals surface area contributed by atoms with E-state index < -0.39 is 0 Å². The fourth-order valence-electron chi connectivity index (χ4n) is 2.63. The molecule has 2 aromatic carbocycles. The summed E-state index contributed by atoms with van der Waals surface area (Å²) < 4.78 is 5.68. The van der Waals surface area contributed by atoms with E-state index in [9.17, 15) is 5.11 Å². The first-order valence-corrected chi connectivity index (χ1v) is 8.75. The van der Waals surface area contributed by atoms with Crippen LogP contribution in [0, 0.1) is 0 Å².